The van der Waals surface area contributed by atoms with Crippen LogP contribution < -0.4 is 0 Å². The molecular formula is C13H26. The van der Waals surface area contributed by atoms with E-state index in [1.54, 1.807) is 0 Å². The van der Waals surface area contributed by atoms with Crippen molar-refractivity contribution in [2.75, 3.05) is 0 Å². The molecule has 0 heteroatoms. The van der Waals surface area contributed by atoms with E-state index >= 15 is 0 Å². The smallest absolute Gasteiger partial charge is 0.0208 e. The molecule has 0 amide bonds. The highest BCUT2D eigenvalue weighted by Crippen LogP contribution is 2.23. The van der Waals surface area contributed by atoms with Gasteiger partial charge >= 0.3 is 0 Å². The summed E-state index contributed by atoms with van der Waals surface area (Å²) in [6.45, 7) is 9.16. The molecule has 0 spiro atoms. The predicted octanol–water partition coefficient (Wildman–Crippen LogP) is 4.81. The van der Waals surface area contributed by atoms with Crippen LogP contribution >= 0.6 is 0 Å². The van der Waals surface area contributed by atoms with Gasteiger partial charge in [0.15, 0.2) is 0 Å². The van der Waals surface area contributed by atoms with Crippen LogP contribution in [0.2, 0.25) is 0 Å². The lowest BCUT2D eigenvalue weighted by molar-refractivity contribution is 0.362. The largest absolute Gasteiger partial charge is 0.0883 e. The van der Waals surface area contributed by atoms with E-state index in [1.165, 1.54) is 32.1 Å². The van der Waals surface area contributed by atoms with Crippen LogP contribution in [-0.4, -0.2) is 0 Å². The molecule has 0 fully saturated rings. The first-order valence-corrected chi connectivity index (χ1v) is 5.96. The van der Waals surface area contributed by atoms with Crippen LogP contribution in [0.5, 0.6) is 0 Å². The van der Waals surface area contributed by atoms with Crippen molar-refractivity contribution < 1.29 is 0 Å². The molecule has 1 unspecified atom stereocenters. The number of hydrogen-bond donors (Lipinski definition) is 0. The van der Waals surface area contributed by atoms with E-state index in [2.05, 4.69) is 39.8 Å². The molecule has 0 saturated heterocycles. The van der Waals surface area contributed by atoms with Gasteiger partial charge in [-0.05, 0) is 24.7 Å². The van der Waals surface area contributed by atoms with Crippen LogP contribution in [-0.2, 0) is 0 Å². The van der Waals surface area contributed by atoms with Crippen LogP contribution in [0.15, 0.2) is 12.2 Å². The Bertz CT molecular complexity index is 120. The van der Waals surface area contributed by atoms with E-state index in [-0.39, 0.29) is 0 Å². The van der Waals surface area contributed by atoms with E-state index in [0.717, 1.165) is 11.8 Å². The molecular weight excluding hydrogens is 156 g/mol. The van der Waals surface area contributed by atoms with Gasteiger partial charge in [0.1, 0.15) is 0 Å². The molecule has 13 heavy (non-hydrogen) atoms. The third-order valence-electron chi connectivity index (χ3n) is 2.96. The molecule has 0 nitrogen and oxygen atoms in total. The van der Waals surface area contributed by atoms with Gasteiger partial charge in [0.2, 0.25) is 0 Å². The molecule has 0 aromatic heterocycles. The molecule has 0 rings (SSSR count). The molecule has 78 valence electrons. The zero-order valence-electron chi connectivity index (χ0n) is 9.84. The molecule has 0 heterocycles. The minimum atomic E-state index is 0.821. The summed E-state index contributed by atoms with van der Waals surface area (Å²) >= 11 is 0. The summed E-state index contributed by atoms with van der Waals surface area (Å²) in [4.78, 5) is 0. The lowest BCUT2D eigenvalue weighted by atomic mass is 9.85. The minimum Gasteiger partial charge on any atom is -0.0883 e. The minimum absolute atomic E-state index is 0.821. The van der Waals surface area contributed by atoms with E-state index in [1.807, 2.05) is 0 Å². The van der Waals surface area contributed by atoms with Gasteiger partial charge in [-0.2, -0.15) is 0 Å². The lowest BCUT2D eigenvalue weighted by Crippen LogP contribution is -2.09. The third-order valence-corrected chi connectivity index (χ3v) is 2.96. The molecule has 1 atom stereocenters. The zero-order chi connectivity index (χ0) is 10.1. The fourth-order valence-corrected chi connectivity index (χ4v) is 1.96. The molecule has 0 aliphatic rings. The van der Waals surface area contributed by atoms with Crippen molar-refractivity contribution >= 4 is 0 Å². The Kier molecular flexibility index (Phi) is 8.18. The maximum atomic E-state index is 2.45. The van der Waals surface area contributed by atoms with Gasteiger partial charge in [-0.15, -0.1) is 0 Å². The highest BCUT2D eigenvalue weighted by Gasteiger charge is 2.12. The monoisotopic (exact) mass is 182 g/mol. The Labute approximate surface area is 84.4 Å². The average Bonchev–Trinajstić information content (AvgIpc) is 2.17. The fourth-order valence-electron chi connectivity index (χ4n) is 1.96. The first kappa shape index (κ1) is 12.7. The summed E-state index contributed by atoms with van der Waals surface area (Å²) in [6.07, 6.45) is 11.3. The summed E-state index contributed by atoms with van der Waals surface area (Å²) in [5.74, 6) is 1.72. The predicted molar refractivity (Wildman–Crippen MR) is 61.9 cm³/mol. The van der Waals surface area contributed by atoms with Gasteiger partial charge in [0.05, 0.1) is 0 Å². The topological polar surface area (TPSA) is 0 Å². The summed E-state index contributed by atoms with van der Waals surface area (Å²) in [6, 6.07) is 0. The number of rotatable bonds is 7. The third kappa shape index (κ3) is 5.13. The van der Waals surface area contributed by atoms with Crippen LogP contribution in [0.1, 0.15) is 59.8 Å². The molecule has 0 bridgehead atoms. The quantitative estimate of drug-likeness (QED) is 0.496. The first-order chi connectivity index (χ1) is 6.29. The van der Waals surface area contributed by atoms with E-state index < -0.39 is 0 Å². The van der Waals surface area contributed by atoms with Gasteiger partial charge in [-0.3, -0.25) is 0 Å². The number of allylic oxidation sites excluding steroid dienone is 2. The molecule has 0 aliphatic carbocycles. The van der Waals surface area contributed by atoms with Gasteiger partial charge < -0.3 is 0 Å². The van der Waals surface area contributed by atoms with Crippen LogP contribution in [0.3, 0.4) is 0 Å². The fraction of sp³-hybridized carbons (Fsp3) is 0.846. The Hall–Kier alpha value is -0.260. The SMILES string of the molecule is CCCC=CC(CC)C(CC)CC. The number of unbranched alkanes of at least 4 members (excludes halogenated alkanes) is 1. The van der Waals surface area contributed by atoms with E-state index in [9.17, 15) is 0 Å². The van der Waals surface area contributed by atoms with Crippen molar-refractivity contribution in [1.82, 2.24) is 0 Å². The second-order valence-corrected chi connectivity index (χ2v) is 3.87. The average molecular weight is 182 g/mol. The van der Waals surface area contributed by atoms with Crippen molar-refractivity contribution in [2.45, 2.75) is 59.8 Å². The lowest BCUT2D eigenvalue weighted by Gasteiger charge is -2.20. The van der Waals surface area contributed by atoms with Crippen molar-refractivity contribution in [3.05, 3.63) is 12.2 Å². The Morgan fingerprint density at radius 3 is 1.92 bits per heavy atom. The van der Waals surface area contributed by atoms with E-state index in [4.69, 9.17) is 0 Å². The normalized spacial score (nSPS) is 14.2. The van der Waals surface area contributed by atoms with Crippen LogP contribution in [0.25, 0.3) is 0 Å². The van der Waals surface area contributed by atoms with Gasteiger partial charge in [-0.1, -0.05) is 59.1 Å². The second kappa shape index (κ2) is 8.34. The Morgan fingerprint density at radius 2 is 1.54 bits per heavy atom. The Morgan fingerprint density at radius 1 is 0.923 bits per heavy atom. The van der Waals surface area contributed by atoms with E-state index in [0.29, 0.717) is 0 Å². The van der Waals surface area contributed by atoms with Crippen LogP contribution in [0, 0.1) is 11.8 Å². The summed E-state index contributed by atoms with van der Waals surface area (Å²) in [7, 11) is 0. The molecule has 0 aliphatic heterocycles. The van der Waals surface area contributed by atoms with Crippen molar-refractivity contribution in [2.24, 2.45) is 11.8 Å². The maximum absolute atomic E-state index is 2.45. The standard InChI is InChI=1S/C13H26/c1-5-9-10-11-13(8-4)12(6-2)7-3/h10-13H,5-9H2,1-4H3. The number of hydrogen-bond acceptors (Lipinski definition) is 0. The molecule has 0 radical (unpaired) electrons. The van der Waals surface area contributed by atoms with Gasteiger partial charge in [0.25, 0.3) is 0 Å². The van der Waals surface area contributed by atoms with Crippen LogP contribution in [0.4, 0.5) is 0 Å². The van der Waals surface area contributed by atoms with Crippen molar-refractivity contribution in [3.63, 3.8) is 0 Å². The first-order valence-electron chi connectivity index (χ1n) is 5.96. The van der Waals surface area contributed by atoms with Crippen molar-refractivity contribution in [3.8, 4) is 0 Å². The molecule has 0 aromatic rings. The van der Waals surface area contributed by atoms with Crippen molar-refractivity contribution in [1.29, 1.82) is 0 Å². The summed E-state index contributed by atoms with van der Waals surface area (Å²) < 4.78 is 0. The highest BCUT2D eigenvalue weighted by atomic mass is 14.2. The maximum Gasteiger partial charge on any atom is -0.0208 e. The zero-order valence-corrected chi connectivity index (χ0v) is 9.84. The summed E-state index contributed by atoms with van der Waals surface area (Å²) in [5, 5.41) is 0. The molecule has 0 N–H and O–H groups in total. The van der Waals surface area contributed by atoms with Gasteiger partial charge in [-0.25, -0.2) is 0 Å². The van der Waals surface area contributed by atoms with Gasteiger partial charge in [0, 0.05) is 0 Å². The summed E-state index contributed by atoms with van der Waals surface area (Å²) in [5.41, 5.74) is 0. The second-order valence-electron chi connectivity index (χ2n) is 3.87. The molecule has 0 aromatic carbocycles. The Balaban J connectivity index is 3.98. The highest BCUT2D eigenvalue weighted by molar-refractivity contribution is 4.90. The molecule has 0 saturated carbocycles.